The summed E-state index contributed by atoms with van der Waals surface area (Å²) in [6.45, 7) is 2.23. The summed E-state index contributed by atoms with van der Waals surface area (Å²) in [5.74, 6) is 1.14. The maximum absolute atomic E-state index is 12.4. The molecule has 1 aromatic heterocycles. The van der Waals surface area contributed by atoms with Gasteiger partial charge in [0, 0.05) is 13.0 Å². The Bertz CT molecular complexity index is 1160. The molecule has 0 spiro atoms. The van der Waals surface area contributed by atoms with Crippen LogP contribution in [-0.4, -0.2) is 22.3 Å². The standard InChI is InChI=1S/C20H19N3O5/c1-12(13-6-7-16-17(10-13)28-11-27-16)21-18(24)8-9-23-15-5-3-2-4-14(15)19(25)22-20(23)26/h2-7,10,12H,8-9,11H2,1H3,(H,21,24)(H,22,25,26). The molecule has 0 fully saturated rings. The van der Waals surface area contributed by atoms with E-state index in [9.17, 15) is 14.4 Å². The van der Waals surface area contributed by atoms with E-state index in [1.165, 1.54) is 4.57 Å². The minimum atomic E-state index is -0.527. The Kier molecular flexibility index (Phi) is 4.60. The molecule has 3 aromatic rings. The molecule has 4 rings (SSSR count). The SMILES string of the molecule is CC(NC(=O)CCn1c(=O)[nH]c(=O)c2ccccc21)c1ccc2c(c1)OCO2. The average Bonchev–Trinajstić information content (AvgIpc) is 3.15. The highest BCUT2D eigenvalue weighted by Crippen LogP contribution is 2.34. The molecule has 0 saturated heterocycles. The molecule has 2 N–H and O–H groups in total. The van der Waals surface area contributed by atoms with Crippen LogP contribution in [-0.2, 0) is 11.3 Å². The molecule has 8 nitrogen and oxygen atoms in total. The molecule has 144 valence electrons. The van der Waals surface area contributed by atoms with E-state index >= 15 is 0 Å². The summed E-state index contributed by atoms with van der Waals surface area (Å²) in [5, 5.41) is 3.33. The van der Waals surface area contributed by atoms with Crippen molar-refractivity contribution in [1.82, 2.24) is 14.9 Å². The highest BCUT2D eigenvalue weighted by Gasteiger charge is 2.17. The van der Waals surface area contributed by atoms with Crippen molar-refractivity contribution in [2.75, 3.05) is 6.79 Å². The van der Waals surface area contributed by atoms with E-state index in [-0.39, 0.29) is 31.7 Å². The quantitative estimate of drug-likeness (QED) is 0.700. The maximum atomic E-state index is 12.4. The van der Waals surface area contributed by atoms with Crippen LogP contribution in [0, 0.1) is 0 Å². The van der Waals surface area contributed by atoms with Crippen molar-refractivity contribution >= 4 is 16.8 Å². The smallest absolute Gasteiger partial charge is 0.328 e. The van der Waals surface area contributed by atoms with Crippen molar-refractivity contribution in [1.29, 1.82) is 0 Å². The van der Waals surface area contributed by atoms with Gasteiger partial charge in [-0.15, -0.1) is 0 Å². The number of hydrogen-bond acceptors (Lipinski definition) is 5. The van der Waals surface area contributed by atoms with E-state index in [0.29, 0.717) is 22.4 Å². The lowest BCUT2D eigenvalue weighted by molar-refractivity contribution is -0.121. The highest BCUT2D eigenvalue weighted by atomic mass is 16.7. The number of nitrogens with zero attached hydrogens (tertiary/aromatic N) is 1. The second-order valence-electron chi connectivity index (χ2n) is 6.58. The number of para-hydroxylation sites is 1. The predicted octanol–water partition coefficient (Wildman–Crippen LogP) is 1.69. The number of fused-ring (bicyclic) bond motifs is 2. The first kappa shape index (κ1) is 17.8. The Morgan fingerprint density at radius 1 is 1.18 bits per heavy atom. The van der Waals surface area contributed by atoms with Crippen LogP contribution in [0.4, 0.5) is 0 Å². The van der Waals surface area contributed by atoms with Crippen LogP contribution >= 0.6 is 0 Å². The maximum Gasteiger partial charge on any atom is 0.328 e. The van der Waals surface area contributed by atoms with Gasteiger partial charge in [0.05, 0.1) is 16.9 Å². The van der Waals surface area contributed by atoms with Crippen molar-refractivity contribution < 1.29 is 14.3 Å². The molecular weight excluding hydrogens is 362 g/mol. The molecular formula is C20H19N3O5. The first-order valence-corrected chi connectivity index (χ1v) is 8.94. The van der Waals surface area contributed by atoms with E-state index in [1.54, 1.807) is 24.3 Å². The Hall–Kier alpha value is -3.55. The van der Waals surface area contributed by atoms with E-state index in [2.05, 4.69) is 10.3 Å². The van der Waals surface area contributed by atoms with Gasteiger partial charge < -0.3 is 14.8 Å². The average molecular weight is 381 g/mol. The topological polar surface area (TPSA) is 102 Å². The fourth-order valence-corrected chi connectivity index (χ4v) is 3.26. The van der Waals surface area contributed by atoms with Gasteiger partial charge in [-0.25, -0.2) is 4.79 Å². The molecule has 28 heavy (non-hydrogen) atoms. The summed E-state index contributed by atoms with van der Waals surface area (Å²) in [5.41, 5.74) is 0.440. The second kappa shape index (κ2) is 7.22. The van der Waals surface area contributed by atoms with Crippen LogP contribution in [0.1, 0.15) is 24.9 Å². The zero-order chi connectivity index (χ0) is 19.7. The summed E-state index contributed by atoms with van der Waals surface area (Å²) in [6, 6.07) is 12.1. The largest absolute Gasteiger partial charge is 0.454 e. The minimum absolute atomic E-state index is 0.102. The number of benzene rings is 2. The lowest BCUT2D eigenvalue weighted by Crippen LogP contribution is -2.33. The van der Waals surface area contributed by atoms with Gasteiger partial charge in [0.25, 0.3) is 5.56 Å². The summed E-state index contributed by atoms with van der Waals surface area (Å²) < 4.78 is 12.1. The number of aryl methyl sites for hydroxylation is 1. The molecule has 1 aliphatic heterocycles. The number of rotatable bonds is 5. The number of carbonyl (C=O) groups is 1. The van der Waals surface area contributed by atoms with Gasteiger partial charge in [0.1, 0.15) is 0 Å². The van der Waals surface area contributed by atoms with Gasteiger partial charge in [-0.05, 0) is 36.8 Å². The summed E-state index contributed by atoms with van der Waals surface area (Å²) in [6.07, 6.45) is 0.102. The minimum Gasteiger partial charge on any atom is -0.454 e. The number of aromatic amines is 1. The van der Waals surface area contributed by atoms with Gasteiger partial charge in [0.15, 0.2) is 11.5 Å². The van der Waals surface area contributed by atoms with Crippen molar-refractivity contribution in [2.45, 2.75) is 25.9 Å². The third kappa shape index (κ3) is 3.36. The molecule has 0 bridgehead atoms. The van der Waals surface area contributed by atoms with E-state index in [0.717, 1.165) is 5.56 Å². The van der Waals surface area contributed by atoms with Crippen LogP contribution < -0.4 is 26.0 Å². The van der Waals surface area contributed by atoms with E-state index in [4.69, 9.17) is 9.47 Å². The summed E-state index contributed by atoms with van der Waals surface area (Å²) in [7, 11) is 0. The number of hydrogen-bond donors (Lipinski definition) is 2. The number of carbonyl (C=O) groups excluding carboxylic acids is 1. The lowest BCUT2D eigenvalue weighted by Gasteiger charge is -2.15. The number of nitrogens with one attached hydrogen (secondary N) is 2. The Morgan fingerprint density at radius 2 is 1.96 bits per heavy atom. The summed E-state index contributed by atoms with van der Waals surface area (Å²) in [4.78, 5) is 38.8. The van der Waals surface area contributed by atoms with Gasteiger partial charge in [-0.3, -0.25) is 19.1 Å². The third-order valence-corrected chi connectivity index (χ3v) is 4.74. The van der Waals surface area contributed by atoms with Crippen molar-refractivity contribution in [2.24, 2.45) is 0 Å². The number of amides is 1. The lowest BCUT2D eigenvalue weighted by atomic mass is 10.1. The van der Waals surface area contributed by atoms with Crippen LogP contribution in [0.5, 0.6) is 11.5 Å². The molecule has 8 heteroatoms. The molecule has 1 amide bonds. The monoisotopic (exact) mass is 381 g/mol. The number of ether oxygens (including phenoxy) is 2. The third-order valence-electron chi connectivity index (χ3n) is 4.74. The van der Waals surface area contributed by atoms with Crippen LogP contribution in [0.15, 0.2) is 52.1 Å². The first-order chi connectivity index (χ1) is 13.5. The van der Waals surface area contributed by atoms with Gasteiger partial charge in [0.2, 0.25) is 12.7 Å². The van der Waals surface area contributed by atoms with Crippen molar-refractivity contribution in [3.63, 3.8) is 0 Å². The fourth-order valence-electron chi connectivity index (χ4n) is 3.26. The van der Waals surface area contributed by atoms with Crippen LogP contribution in [0.3, 0.4) is 0 Å². The molecule has 0 aliphatic carbocycles. The Labute approximate surface area is 159 Å². The molecule has 1 aliphatic rings. The molecule has 0 saturated carbocycles. The zero-order valence-corrected chi connectivity index (χ0v) is 15.2. The van der Waals surface area contributed by atoms with E-state index < -0.39 is 11.2 Å². The molecule has 1 atom stereocenters. The highest BCUT2D eigenvalue weighted by molar-refractivity contribution is 5.79. The van der Waals surface area contributed by atoms with Gasteiger partial charge in [-0.2, -0.15) is 0 Å². The number of H-pyrrole nitrogens is 1. The Balaban J connectivity index is 1.46. The normalized spacial score (nSPS) is 13.5. The first-order valence-electron chi connectivity index (χ1n) is 8.94. The van der Waals surface area contributed by atoms with E-state index in [1.807, 2.05) is 25.1 Å². The van der Waals surface area contributed by atoms with Gasteiger partial charge in [-0.1, -0.05) is 18.2 Å². The second-order valence-corrected chi connectivity index (χ2v) is 6.58. The molecule has 0 radical (unpaired) electrons. The predicted molar refractivity (Wildman–Crippen MR) is 103 cm³/mol. The summed E-state index contributed by atoms with van der Waals surface area (Å²) >= 11 is 0. The number of aromatic nitrogens is 2. The Morgan fingerprint density at radius 3 is 2.82 bits per heavy atom. The molecule has 2 aromatic carbocycles. The van der Waals surface area contributed by atoms with Crippen molar-refractivity contribution in [3.05, 3.63) is 68.9 Å². The van der Waals surface area contributed by atoms with Gasteiger partial charge >= 0.3 is 5.69 Å². The fraction of sp³-hybridized carbons (Fsp3) is 0.250. The van der Waals surface area contributed by atoms with Crippen molar-refractivity contribution in [3.8, 4) is 11.5 Å². The molecule has 1 unspecified atom stereocenters. The van der Waals surface area contributed by atoms with Crippen LogP contribution in [0.2, 0.25) is 0 Å². The zero-order valence-electron chi connectivity index (χ0n) is 15.2. The molecule has 2 heterocycles. The van der Waals surface area contributed by atoms with Crippen LogP contribution in [0.25, 0.3) is 10.9 Å².